The summed E-state index contributed by atoms with van der Waals surface area (Å²) in [6.07, 6.45) is 0.751. The Balaban J connectivity index is 1.79. The third kappa shape index (κ3) is 4.43. The fourth-order valence-corrected chi connectivity index (χ4v) is 4.87. The largest absolute Gasteiger partial charge is 0.507 e. The summed E-state index contributed by atoms with van der Waals surface area (Å²) in [6.45, 7) is 5.24. The minimum Gasteiger partial charge on any atom is -0.507 e. The van der Waals surface area contributed by atoms with E-state index in [2.05, 4.69) is 15.6 Å². The lowest BCUT2D eigenvalue weighted by Gasteiger charge is -2.33. The highest BCUT2D eigenvalue weighted by Crippen LogP contribution is 2.35. The molecule has 1 aliphatic carbocycles. The van der Waals surface area contributed by atoms with Gasteiger partial charge in [0, 0.05) is 32.6 Å². The first-order chi connectivity index (χ1) is 15.2. The number of phenolic OH excluding ortho intramolecular Hbond substituents is 1. The van der Waals surface area contributed by atoms with Gasteiger partial charge in [-0.05, 0) is 32.0 Å². The van der Waals surface area contributed by atoms with Crippen molar-refractivity contribution < 1.29 is 29.4 Å². The predicted octanol–water partition coefficient (Wildman–Crippen LogP) is 0.862. The number of fused-ring (bicyclic) bond motifs is 1. The van der Waals surface area contributed by atoms with Gasteiger partial charge in [0.25, 0.3) is 0 Å². The van der Waals surface area contributed by atoms with Gasteiger partial charge in [-0.2, -0.15) is 0 Å². The lowest BCUT2D eigenvalue weighted by Crippen LogP contribution is -2.82. The SMILES string of the molecule is COC1Cc2nc(-c3cc(F)ccc3O)nc(N[C@@H]3C[NH2+]C[C@H]3C(C)(C)O)c2CC1OC. The number of aliphatic hydroxyl groups is 1. The third-order valence-corrected chi connectivity index (χ3v) is 6.67. The second-order valence-corrected chi connectivity index (χ2v) is 9.21. The Kier molecular flexibility index (Phi) is 6.35. The van der Waals surface area contributed by atoms with Crippen molar-refractivity contribution in [1.82, 2.24) is 9.97 Å². The molecule has 0 bridgehead atoms. The molecule has 4 rings (SSSR count). The maximum Gasteiger partial charge on any atom is 0.165 e. The van der Waals surface area contributed by atoms with Gasteiger partial charge >= 0.3 is 0 Å². The van der Waals surface area contributed by atoms with E-state index in [0.717, 1.165) is 24.3 Å². The number of halogens is 1. The van der Waals surface area contributed by atoms with Crippen LogP contribution in [0.5, 0.6) is 5.75 Å². The Bertz CT molecular complexity index is 981. The van der Waals surface area contributed by atoms with Crippen molar-refractivity contribution in [1.29, 1.82) is 0 Å². The molecule has 8 nitrogen and oxygen atoms in total. The first-order valence-electron chi connectivity index (χ1n) is 11.0. The van der Waals surface area contributed by atoms with Crippen LogP contribution in [0.1, 0.15) is 25.1 Å². The number of nitrogens with two attached hydrogens (primary N) is 1. The number of anilines is 1. The molecule has 2 aromatic rings. The molecule has 174 valence electrons. The summed E-state index contributed by atoms with van der Waals surface area (Å²) in [6, 6.07) is 3.72. The number of aromatic nitrogens is 2. The molecule has 0 saturated carbocycles. The molecular weight excluding hydrogens is 415 g/mol. The fraction of sp³-hybridized carbons (Fsp3) is 0.565. The summed E-state index contributed by atoms with van der Waals surface area (Å²) in [5.41, 5.74) is 1.09. The summed E-state index contributed by atoms with van der Waals surface area (Å²) in [4.78, 5) is 9.40. The molecule has 1 saturated heterocycles. The third-order valence-electron chi connectivity index (χ3n) is 6.67. The fourth-order valence-electron chi connectivity index (χ4n) is 4.87. The van der Waals surface area contributed by atoms with E-state index in [1.807, 2.05) is 13.8 Å². The lowest BCUT2D eigenvalue weighted by molar-refractivity contribution is -0.639. The normalized spacial score (nSPS) is 25.6. The number of quaternary nitrogens is 1. The molecule has 0 spiro atoms. The average Bonchev–Trinajstić information content (AvgIpc) is 3.23. The highest BCUT2D eigenvalue weighted by Gasteiger charge is 2.42. The zero-order valence-electron chi connectivity index (χ0n) is 18.9. The maximum atomic E-state index is 13.9. The number of ether oxygens (including phenoxy) is 2. The van der Waals surface area contributed by atoms with Crippen LogP contribution in [0, 0.1) is 11.7 Å². The first kappa shape index (κ1) is 22.8. The van der Waals surface area contributed by atoms with Crippen LogP contribution in [0.2, 0.25) is 0 Å². The van der Waals surface area contributed by atoms with Crippen LogP contribution >= 0.6 is 0 Å². The van der Waals surface area contributed by atoms with E-state index in [1.165, 1.54) is 18.2 Å². The van der Waals surface area contributed by atoms with Crippen molar-refractivity contribution in [3.8, 4) is 17.1 Å². The van der Waals surface area contributed by atoms with Gasteiger partial charge in [0.05, 0.1) is 54.1 Å². The Hall–Kier alpha value is -2.33. The van der Waals surface area contributed by atoms with Crippen molar-refractivity contribution in [2.45, 2.75) is 50.5 Å². The molecule has 1 aromatic heterocycles. The van der Waals surface area contributed by atoms with E-state index in [9.17, 15) is 14.6 Å². The van der Waals surface area contributed by atoms with Crippen LogP contribution in [-0.4, -0.2) is 71.3 Å². The molecule has 9 heteroatoms. The van der Waals surface area contributed by atoms with Gasteiger partial charge in [0.1, 0.15) is 17.4 Å². The van der Waals surface area contributed by atoms with Crippen molar-refractivity contribution >= 4 is 5.82 Å². The van der Waals surface area contributed by atoms with Gasteiger partial charge in [-0.15, -0.1) is 0 Å². The van der Waals surface area contributed by atoms with E-state index < -0.39 is 11.4 Å². The molecule has 0 amide bonds. The summed E-state index contributed by atoms with van der Waals surface area (Å²) in [5.74, 6) is 0.327. The number of nitrogens with zero attached hydrogens (tertiary/aromatic N) is 2. The maximum absolute atomic E-state index is 13.9. The number of aromatic hydroxyl groups is 1. The minimum absolute atomic E-state index is 0.0101. The Morgan fingerprint density at radius 3 is 2.53 bits per heavy atom. The lowest BCUT2D eigenvalue weighted by atomic mass is 9.86. The molecule has 32 heavy (non-hydrogen) atoms. The number of rotatable bonds is 6. The number of hydrogen-bond donors (Lipinski definition) is 4. The predicted molar refractivity (Wildman–Crippen MR) is 117 cm³/mol. The smallest absolute Gasteiger partial charge is 0.165 e. The molecule has 1 aromatic carbocycles. The van der Waals surface area contributed by atoms with E-state index in [1.54, 1.807) is 14.2 Å². The van der Waals surface area contributed by atoms with Crippen molar-refractivity contribution in [2.24, 2.45) is 5.92 Å². The van der Waals surface area contributed by atoms with Crippen LogP contribution in [0.25, 0.3) is 11.4 Å². The van der Waals surface area contributed by atoms with Gasteiger partial charge in [-0.3, -0.25) is 0 Å². The van der Waals surface area contributed by atoms with Gasteiger partial charge < -0.3 is 30.3 Å². The van der Waals surface area contributed by atoms with Gasteiger partial charge in [-0.1, -0.05) is 0 Å². The number of methoxy groups -OCH3 is 2. The topological polar surface area (TPSA) is 113 Å². The van der Waals surface area contributed by atoms with E-state index in [-0.39, 0.29) is 41.3 Å². The molecule has 2 heterocycles. The highest BCUT2D eigenvalue weighted by atomic mass is 19.1. The summed E-state index contributed by atoms with van der Waals surface area (Å²) < 4.78 is 25.2. The summed E-state index contributed by atoms with van der Waals surface area (Å²) in [5, 5.41) is 26.7. The molecule has 2 aliphatic rings. The molecule has 4 atom stereocenters. The quantitative estimate of drug-likeness (QED) is 0.520. The van der Waals surface area contributed by atoms with Crippen molar-refractivity contribution in [3.63, 3.8) is 0 Å². The highest BCUT2D eigenvalue weighted by molar-refractivity contribution is 5.66. The second-order valence-electron chi connectivity index (χ2n) is 9.21. The summed E-state index contributed by atoms with van der Waals surface area (Å²) >= 11 is 0. The molecule has 1 fully saturated rings. The molecule has 5 N–H and O–H groups in total. The Labute approximate surface area is 187 Å². The zero-order chi connectivity index (χ0) is 23.0. The van der Waals surface area contributed by atoms with E-state index >= 15 is 0 Å². The standard InChI is InChI=1S/C23H31FN4O4/c1-23(2,30)15-10-25-11-17(15)27-21-13-8-19(31-3)20(32-4)9-16(13)26-22(28-21)14-7-12(24)5-6-18(14)29/h5-7,15,17,19-20,25,29-30H,8-11H2,1-4H3,(H,26,27,28)/p+1/t15-,17-,19?,20?/m1/s1. The van der Waals surface area contributed by atoms with Gasteiger partial charge in [-0.25, -0.2) is 14.4 Å². The molecular formula is C23H32FN4O4+. The monoisotopic (exact) mass is 447 g/mol. The first-order valence-corrected chi connectivity index (χ1v) is 11.0. The summed E-state index contributed by atoms with van der Waals surface area (Å²) in [7, 11) is 3.30. The molecule has 1 aliphatic heterocycles. The van der Waals surface area contributed by atoms with Crippen molar-refractivity contribution in [3.05, 3.63) is 35.3 Å². The Morgan fingerprint density at radius 1 is 1.12 bits per heavy atom. The Morgan fingerprint density at radius 2 is 1.84 bits per heavy atom. The van der Waals surface area contributed by atoms with Crippen LogP contribution in [0.4, 0.5) is 10.2 Å². The van der Waals surface area contributed by atoms with Crippen LogP contribution < -0.4 is 10.6 Å². The second kappa shape index (κ2) is 8.90. The van der Waals surface area contributed by atoms with Crippen LogP contribution in [0.15, 0.2) is 18.2 Å². The average molecular weight is 448 g/mol. The molecule has 2 unspecified atom stereocenters. The zero-order valence-corrected chi connectivity index (χ0v) is 18.9. The number of nitrogens with one attached hydrogen (secondary N) is 1. The van der Waals surface area contributed by atoms with Gasteiger partial charge in [0.15, 0.2) is 5.82 Å². The van der Waals surface area contributed by atoms with Crippen LogP contribution in [-0.2, 0) is 22.3 Å². The number of hydrogen-bond acceptors (Lipinski definition) is 7. The molecule has 0 radical (unpaired) electrons. The van der Waals surface area contributed by atoms with Crippen molar-refractivity contribution in [2.75, 3.05) is 32.6 Å². The minimum atomic E-state index is -0.850. The van der Waals surface area contributed by atoms with E-state index in [4.69, 9.17) is 14.5 Å². The number of benzene rings is 1. The van der Waals surface area contributed by atoms with E-state index in [0.29, 0.717) is 18.7 Å². The van der Waals surface area contributed by atoms with Gasteiger partial charge in [0.2, 0.25) is 0 Å². The van der Waals surface area contributed by atoms with Crippen LogP contribution in [0.3, 0.4) is 0 Å². The number of phenols is 1.